The number of pyridine rings is 1. The van der Waals surface area contributed by atoms with Gasteiger partial charge in [-0.3, -0.25) is 10.4 Å². The molecule has 4 nitrogen and oxygen atoms in total. The third-order valence-electron chi connectivity index (χ3n) is 2.12. The number of nitrogens with one attached hydrogen (secondary N) is 1. The average molecular weight is 231 g/mol. The number of aromatic nitrogens is 1. The summed E-state index contributed by atoms with van der Waals surface area (Å²) in [6.45, 7) is 0. The molecule has 86 valence electrons. The molecule has 0 saturated heterocycles. The zero-order chi connectivity index (χ0) is 12.3. The van der Waals surface area contributed by atoms with Gasteiger partial charge in [-0.15, -0.1) is 0 Å². The smallest absolute Gasteiger partial charge is 0.156 e. The van der Waals surface area contributed by atoms with E-state index in [0.29, 0.717) is 17.1 Å². The maximum Gasteiger partial charge on any atom is 0.156 e. The Morgan fingerprint density at radius 1 is 1.24 bits per heavy atom. The van der Waals surface area contributed by atoms with Crippen LogP contribution in [0.5, 0.6) is 11.5 Å². The third-order valence-corrected chi connectivity index (χ3v) is 2.12. The van der Waals surface area contributed by atoms with Crippen molar-refractivity contribution in [2.24, 2.45) is 5.73 Å². The lowest BCUT2D eigenvalue weighted by atomic mass is 10.2. The topological polar surface area (TPSA) is 72.0 Å². The van der Waals surface area contributed by atoms with Crippen molar-refractivity contribution < 1.29 is 9.13 Å². The Labute approximate surface area is 97.4 Å². The predicted octanol–water partition coefficient (Wildman–Crippen LogP) is 2.30. The van der Waals surface area contributed by atoms with Crippen molar-refractivity contribution >= 4 is 5.84 Å². The van der Waals surface area contributed by atoms with E-state index in [1.165, 1.54) is 36.7 Å². The van der Waals surface area contributed by atoms with E-state index in [0.717, 1.165) is 0 Å². The van der Waals surface area contributed by atoms with Crippen molar-refractivity contribution in [3.05, 3.63) is 54.1 Å². The molecule has 0 aliphatic rings. The minimum Gasteiger partial charge on any atom is -0.455 e. The maximum absolute atomic E-state index is 12.7. The molecule has 1 aromatic heterocycles. The highest BCUT2D eigenvalue weighted by molar-refractivity contribution is 5.97. The van der Waals surface area contributed by atoms with E-state index in [9.17, 15) is 4.39 Å². The molecule has 0 aliphatic heterocycles. The van der Waals surface area contributed by atoms with Gasteiger partial charge in [-0.2, -0.15) is 0 Å². The molecule has 5 heteroatoms. The summed E-state index contributed by atoms with van der Waals surface area (Å²) >= 11 is 0. The van der Waals surface area contributed by atoms with Gasteiger partial charge in [0.05, 0.1) is 11.8 Å². The van der Waals surface area contributed by atoms with Crippen LogP contribution < -0.4 is 10.5 Å². The molecule has 17 heavy (non-hydrogen) atoms. The molecule has 1 heterocycles. The monoisotopic (exact) mass is 231 g/mol. The van der Waals surface area contributed by atoms with Crippen LogP contribution in [0.3, 0.4) is 0 Å². The fourth-order valence-corrected chi connectivity index (χ4v) is 1.31. The number of hydrogen-bond donors (Lipinski definition) is 2. The van der Waals surface area contributed by atoms with Crippen molar-refractivity contribution in [3.63, 3.8) is 0 Å². The second kappa shape index (κ2) is 4.61. The van der Waals surface area contributed by atoms with Gasteiger partial charge in [0.2, 0.25) is 0 Å². The van der Waals surface area contributed by atoms with Crippen molar-refractivity contribution in [2.75, 3.05) is 0 Å². The molecule has 3 N–H and O–H groups in total. The Balaban J connectivity index is 2.30. The van der Waals surface area contributed by atoms with E-state index in [2.05, 4.69) is 4.98 Å². The van der Waals surface area contributed by atoms with Crippen molar-refractivity contribution in [1.29, 1.82) is 5.41 Å². The lowest BCUT2D eigenvalue weighted by Crippen LogP contribution is -2.12. The quantitative estimate of drug-likeness (QED) is 0.628. The summed E-state index contributed by atoms with van der Waals surface area (Å²) < 4.78 is 18.2. The Bertz CT molecular complexity index is 540. The van der Waals surface area contributed by atoms with Crippen LogP contribution in [0.15, 0.2) is 42.7 Å². The predicted molar refractivity (Wildman–Crippen MR) is 61.7 cm³/mol. The Morgan fingerprint density at radius 3 is 2.59 bits per heavy atom. The Hall–Kier alpha value is -2.43. The minimum atomic E-state index is -0.338. The van der Waals surface area contributed by atoms with Gasteiger partial charge in [0.25, 0.3) is 0 Å². The van der Waals surface area contributed by atoms with E-state index < -0.39 is 0 Å². The molecule has 1 aromatic carbocycles. The molecule has 0 unspecified atom stereocenters. The van der Waals surface area contributed by atoms with Crippen LogP contribution in [0.1, 0.15) is 5.56 Å². The van der Waals surface area contributed by atoms with Crippen molar-refractivity contribution in [3.8, 4) is 11.5 Å². The van der Waals surface area contributed by atoms with Gasteiger partial charge < -0.3 is 10.5 Å². The summed E-state index contributed by atoms with van der Waals surface area (Å²) in [6, 6.07) is 7.15. The first-order chi connectivity index (χ1) is 8.16. The molecule has 2 rings (SSSR count). The largest absolute Gasteiger partial charge is 0.455 e. The van der Waals surface area contributed by atoms with E-state index in [-0.39, 0.29) is 11.7 Å². The summed E-state index contributed by atoms with van der Waals surface area (Å²) in [5.41, 5.74) is 5.86. The Morgan fingerprint density at radius 2 is 1.94 bits per heavy atom. The molecule has 0 fully saturated rings. The number of nitrogens with two attached hydrogens (primary N) is 1. The highest BCUT2D eigenvalue weighted by atomic mass is 19.1. The Kier molecular flexibility index (Phi) is 3.00. The first kappa shape index (κ1) is 11.1. The van der Waals surface area contributed by atoms with Crippen LogP contribution >= 0.6 is 0 Å². The number of ether oxygens (including phenoxy) is 1. The fourth-order valence-electron chi connectivity index (χ4n) is 1.31. The summed E-state index contributed by atoms with van der Waals surface area (Å²) in [7, 11) is 0. The third kappa shape index (κ3) is 2.57. The maximum atomic E-state index is 12.7. The van der Waals surface area contributed by atoms with Crippen LogP contribution in [0.2, 0.25) is 0 Å². The second-order valence-corrected chi connectivity index (χ2v) is 3.34. The van der Waals surface area contributed by atoms with E-state index >= 15 is 0 Å². The van der Waals surface area contributed by atoms with Gasteiger partial charge in [-0.05, 0) is 30.3 Å². The molecular formula is C12H10FN3O. The molecular weight excluding hydrogens is 221 g/mol. The molecule has 0 spiro atoms. The van der Waals surface area contributed by atoms with Gasteiger partial charge in [-0.25, -0.2) is 4.39 Å². The molecule has 0 radical (unpaired) electrons. The lowest BCUT2D eigenvalue weighted by molar-refractivity contribution is 0.477. The molecule has 2 aromatic rings. The second-order valence-electron chi connectivity index (χ2n) is 3.34. The first-order valence-corrected chi connectivity index (χ1v) is 4.88. The number of benzene rings is 1. The van der Waals surface area contributed by atoms with E-state index in [1.54, 1.807) is 6.07 Å². The van der Waals surface area contributed by atoms with Crippen molar-refractivity contribution in [2.45, 2.75) is 0 Å². The highest BCUT2D eigenvalue weighted by Gasteiger charge is 2.07. The first-order valence-electron chi connectivity index (χ1n) is 4.88. The summed E-state index contributed by atoms with van der Waals surface area (Å²) in [4.78, 5) is 3.89. The molecule has 0 atom stereocenters. The van der Waals surface area contributed by atoms with Gasteiger partial charge in [0.1, 0.15) is 17.4 Å². The SMILES string of the molecule is N=C(N)c1ccncc1Oc1ccc(F)cc1. The van der Waals surface area contributed by atoms with E-state index in [4.69, 9.17) is 15.9 Å². The van der Waals surface area contributed by atoms with Gasteiger partial charge >= 0.3 is 0 Å². The van der Waals surface area contributed by atoms with Crippen LogP contribution in [-0.2, 0) is 0 Å². The van der Waals surface area contributed by atoms with Gasteiger partial charge in [0.15, 0.2) is 5.75 Å². The number of hydrogen-bond acceptors (Lipinski definition) is 3. The minimum absolute atomic E-state index is 0.107. The lowest BCUT2D eigenvalue weighted by Gasteiger charge is -2.09. The van der Waals surface area contributed by atoms with Crippen molar-refractivity contribution in [1.82, 2.24) is 4.98 Å². The zero-order valence-corrected chi connectivity index (χ0v) is 8.85. The van der Waals surface area contributed by atoms with Gasteiger partial charge in [0, 0.05) is 6.20 Å². The van der Waals surface area contributed by atoms with Crippen LogP contribution in [0.4, 0.5) is 4.39 Å². The molecule has 0 bridgehead atoms. The zero-order valence-electron chi connectivity index (χ0n) is 8.85. The number of nitrogen functional groups attached to an aromatic ring is 1. The standard InChI is InChI=1S/C12H10FN3O/c13-8-1-3-9(4-2-8)17-11-7-16-6-5-10(11)12(14)15/h1-7H,(H3,14,15). The summed E-state index contributed by atoms with van der Waals surface area (Å²) in [5.74, 6) is 0.383. The number of halogens is 1. The number of rotatable bonds is 3. The number of amidine groups is 1. The van der Waals surface area contributed by atoms with Crippen LogP contribution in [0.25, 0.3) is 0 Å². The molecule has 0 amide bonds. The molecule has 0 aliphatic carbocycles. The summed E-state index contributed by atoms with van der Waals surface area (Å²) in [6.07, 6.45) is 2.98. The summed E-state index contributed by atoms with van der Waals surface area (Å²) in [5, 5.41) is 7.39. The fraction of sp³-hybridized carbons (Fsp3) is 0. The van der Waals surface area contributed by atoms with E-state index in [1.807, 2.05) is 0 Å². The van der Waals surface area contributed by atoms with Crippen LogP contribution in [-0.4, -0.2) is 10.8 Å². The molecule has 0 saturated carbocycles. The number of nitrogens with zero attached hydrogens (tertiary/aromatic N) is 1. The average Bonchev–Trinajstić information content (AvgIpc) is 2.32. The highest BCUT2D eigenvalue weighted by Crippen LogP contribution is 2.23. The van der Waals surface area contributed by atoms with Gasteiger partial charge in [-0.1, -0.05) is 0 Å². The van der Waals surface area contributed by atoms with Crippen LogP contribution in [0, 0.1) is 11.2 Å². The normalized spacial score (nSPS) is 9.94.